The number of nitrogens with two attached hydrogens (primary N) is 1. The van der Waals surface area contributed by atoms with Gasteiger partial charge in [0.05, 0.1) is 18.7 Å². The standard InChI is InChI=1S/C26H29FN4O3/c1-16(31(26(28)33)30-25(32)19-7-10-21(34-2)11-8-19)17-3-5-18(6-4-17)22-13-14-29-24-12-9-20(27)15-23(22)24/h7-18H,3-6H2,1-2H3,(H2,28,33)(H,30,32)/t16-,17?,18?/m1/s1. The molecule has 0 unspecified atom stereocenters. The maximum Gasteiger partial charge on any atom is 0.333 e. The number of hydrazine groups is 1. The van der Waals surface area contributed by atoms with Crippen molar-refractivity contribution in [2.24, 2.45) is 11.7 Å². The largest absolute Gasteiger partial charge is 0.497 e. The minimum absolute atomic E-state index is 0.171. The second-order valence-electron chi connectivity index (χ2n) is 8.79. The van der Waals surface area contributed by atoms with Crippen molar-refractivity contribution in [1.29, 1.82) is 0 Å². The number of methoxy groups -OCH3 is 1. The van der Waals surface area contributed by atoms with Crippen LogP contribution in [0.5, 0.6) is 5.75 Å². The predicted octanol–water partition coefficient (Wildman–Crippen LogP) is 4.77. The van der Waals surface area contributed by atoms with Crippen molar-refractivity contribution in [3.63, 3.8) is 0 Å². The third-order valence-electron chi connectivity index (χ3n) is 6.85. The molecule has 1 aliphatic carbocycles. The fourth-order valence-corrected chi connectivity index (χ4v) is 4.89. The summed E-state index contributed by atoms with van der Waals surface area (Å²) < 4.78 is 19.0. The molecule has 1 fully saturated rings. The highest BCUT2D eigenvalue weighted by Crippen LogP contribution is 2.40. The molecule has 3 aromatic rings. The number of halogens is 1. The van der Waals surface area contributed by atoms with Crippen LogP contribution in [0, 0.1) is 11.7 Å². The van der Waals surface area contributed by atoms with Gasteiger partial charge in [-0.1, -0.05) is 0 Å². The molecule has 1 atom stereocenters. The minimum atomic E-state index is -0.702. The molecule has 1 aliphatic rings. The number of urea groups is 1. The first-order valence-corrected chi connectivity index (χ1v) is 11.4. The number of pyridine rings is 1. The van der Waals surface area contributed by atoms with Crippen LogP contribution in [-0.4, -0.2) is 35.1 Å². The quantitative estimate of drug-likeness (QED) is 0.532. The van der Waals surface area contributed by atoms with Gasteiger partial charge in [0, 0.05) is 17.1 Å². The Morgan fingerprint density at radius 1 is 1.12 bits per heavy atom. The van der Waals surface area contributed by atoms with E-state index in [4.69, 9.17) is 10.5 Å². The first-order chi connectivity index (χ1) is 16.4. The van der Waals surface area contributed by atoms with E-state index < -0.39 is 11.9 Å². The maximum atomic E-state index is 13.9. The number of carbonyl (C=O) groups excluding carboxylic acids is 2. The van der Waals surface area contributed by atoms with Crippen LogP contribution in [0.4, 0.5) is 9.18 Å². The summed E-state index contributed by atoms with van der Waals surface area (Å²) in [6.45, 7) is 1.90. The van der Waals surface area contributed by atoms with Crippen molar-refractivity contribution in [3.8, 4) is 5.75 Å². The molecule has 3 N–H and O–H groups in total. The summed E-state index contributed by atoms with van der Waals surface area (Å²) >= 11 is 0. The highest BCUT2D eigenvalue weighted by atomic mass is 19.1. The predicted molar refractivity (Wildman–Crippen MR) is 128 cm³/mol. The zero-order valence-corrected chi connectivity index (χ0v) is 19.3. The lowest BCUT2D eigenvalue weighted by atomic mass is 9.75. The maximum absolute atomic E-state index is 13.9. The van der Waals surface area contributed by atoms with Gasteiger partial charge in [-0.15, -0.1) is 0 Å². The van der Waals surface area contributed by atoms with Crippen LogP contribution < -0.4 is 15.9 Å². The van der Waals surface area contributed by atoms with E-state index in [0.29, 0.717) is 11.3 Å². The molecule has 178 valence electrons. The number of primary amides is 1. The van der Waals surface area contributed by atoms with Crippen molar-refractivity contribution in [2.75, 3.05) is 7.11 Å². The number of nitrogens with zero attached hydrogens (tertiary/aromatic N) is 2. The number of nitrogens with one attached hydrogen (secondary N) is 1. The molecule has 3 amide bonds. The molecule has 1 saturated carbocycles. The summed E-state index contributed by atoms with van der Waals surface area (Å²) in [5, 5.41) is 2.08. The Morgan fingerprint density at radius 3 is 2.47 bits per heavy atom. The lowest BCUT2D eigenvalue weighted by molar-refractivity contribution is 0.0686. The van der Waals surface area contributed by atoms with Crippen LogP contribution in [0.2, 0.25) is 0 Å². The first kappa shape index (κ1) is 23.5. The van der Waals surface area contributed by atoms with Gasteiger partial charge >= 0.3 is 6.03 Å². The monoisotopic (exact) mass is 464 g/mol. The fraction of sp³-hybridized carbons (Fsp3) is 0.346. The van der Waals surface area contributed by atoms with E-state index in [2.05, 4.69) is 10.4 Å². The highest BCUT2D eigenvalue weighted by Gasteiger charge is 2.32. The Labute approximate surface area is 198 Å². The average molecular weight is 465 g/mol. The van der Waals surface area contributed by atoms with E-state index in [1.165, 1.54) is 11.1 Å². The number of fused-ring (bicyclic) bond motifs is 1. The zero-order chi connectivity index (χ0) is 24.2. The van der Waals surface area contributed by atoms with E-state index in [1.807, 2.05) is 13.0 Å². The van der Waals surface area contributed by atoms with Gasteiger partial charge in [0.1, 0.15) is 11.6 Å². The molecule has 1 aromatic heterocycles. The SMILES string of the molecule is COc1ccc(C(=O)NN(C(N)=O)[C@H](C)C2CCC(c3ccnc4ccc(F)cc34)CC2)cc1. The van der Waals surface area contributed by atoms with Crippen molar-refractivity contribution in [1.82, 2.24) is 15.4 Å². The fourth-order valence-electron chi connectivity index (χ4n) is 4.89. The van der Waals surface area contributed by atoms with Crippen LogP contribution in [-0.2, 0) is 0 Å². The van der Waals surface area contributed by atoms with Crippen molar-refractivity contribution in [3.05, 3.63) is 71.7 Å². The number of aromatic nitrogens is 1. The van der Waals surface area contributed by atoms with Gasteiger partial charge in [-0.2, -0.15) is 0 Å². The Balaban J connectivity index is 1.43. The number of carbonyl (C=O) groups is 2. The van der Waals surface area contributed by atoms with E-state index in [-0.39, 0.29) is 23.7 Å². The summed E-state index contributed by atoms with van der Waals surface area (Å²) in [7, 11) is 1.55. The van der Waals surface area contributed by atoms with Gasteiger partial charge in [-0.05, 0) is 98.5 Å². The Hall–Kier alpha value is -3.68. The normalized spacial score (nSPS) is 18.8. The Bertz CT molecular complexity index is 1180. The minimum Gasteiger partial charge on any atom is -0.497 e. The van der Waals surface area contributed by atoms with Crippen LogP contribution in [0.3, 0.4) is 0 Å². The van der Waals surface area contributed by atoms with Crippen LogP contribution in [0.15, 0.2) is 54.7 Å². The molecule has 34 heavy (non-hydrogen) atoms. The Kier molecular flexibility index (Phi) is 6.95. The molecule has 1 heterocycles. The second-order valence-corrected chi connectivity index (χ2v) is 8.79. The lowest BCUT2D eigenvalue weighted by Gasteiger charge is -2.37. The summed E-state index contributed by atoms with van der Waals surface area (Å²) in [6.07, 6.45) is 5.27. The molecule has 8 heteroatoms. The van der Waals surface area contributed by atoms with E-state index >= 15 is 0 Å². The average Bonchev–Trinajstić information content (AvgIpc) is 2.86. The molecule has 0 radical (unpaired) electrons. The smallest absolute Gasteiger partial charge is 0.333 e. The van der Waals surface area contributed by atoms with E-state index in [1.54, 1.807) is 49.7 Å². The first-order valence-electron chi connectivity index (χ1n) is 11.4. The summed E-state index contributed by atoms with van der Waals surface area (Å²) in [6, 6.07) is 12.3. The van der Waals surface area contributed by atoms with E-state index in [9.17, 15) is 14.0 Å². The van der Waals surface area contributed by atoms with Crippen molar-refractivity contribution in [2.45, 2.75) is 44.6 Å². The molecule has 0 spiro atoms. The summed E-state index contributed by atoms with van der Waals surface area (Å²) in [4.78, 5) is 29.2. The number of amides is 3. The highest BCUT2D eigenvalue weighted by molar-refractivity contribution is 5.95. The summed E-state index contributed by atoms with van der Waals surface area (Å²) in [5.74, 6) is 0.413. The van der Waals surface area contributed by atoms with Gasteiger partial charge in [-0.3, -0.25) is 15.2 Å². The summed E-state index contributed by atoms with van der Waals surface area (Å²) in [5.41, 5.74) is 10.6. The number of hydrogen-bond donors (Lipinski definition) is 2. The number of ether oxygens (including phenoxy) is 1. The van der Waals surface area contributed by atoms with Gasteiger partial charge in [0.2, 0.25) is 0 Å². The molecule has 0 aliphatic heterocycles. The molecular formula is C26H29FN4O3. The number of benzene rings is 2. The molecule has 7 nitrogen and oxygen atoms in total. The second kappa shape index (κ2) is 10.1. The van der Waals surface area contributed by atoms with Gasteiger partial charge in [0.25, 0.3) is 5.91 Å². The molecule has 4 rings (SSSR count). The van der Waals surface area contributed by atoms with Crippen LogP contribution in [0.25, 0.3) is 10.9 Å². The number of rotatable bonds is 5. The van der Waals surface area contributed by atoms with Gasteiger partial charge in [-0.25, -0.2) is 14.2 Å². The van der Waals surface area contributed by atoms with Gasteiger partial charge in [0.15, 0.2) is 0 Å². The third-order valence-corrected chi connectivity index (χ3v) is 6.85. The molecule has 0 saturated heterocycles. The Morgan fingerprint density at radius 2 is 1.82 bits per heavy atom. The topological polar surface area (TPSA) is 97.5 Å². The zero-order valence-electron chi connectivity index (χ0n) is 19.3. The van der Waals surface area contributed by atoms with Crippen molar-refractivity contribution < 1.29 is 18.7 Å². The molecular weight excluding hydrogens is 435 g/mol. The number of hydrogen-bond acceptors (Lipinski definition) is 4. The lowest BCUT2D eigenvalue weighted by Crippen LogP contribution is -2.55. The van der Waals surface area contributed by atoms with Crippen molar-refractivity contribution >= 4 is 22.8 Å². The molecule has 0 bridgehead atoms. The van der Waals surface area contributed by atoms with E-state index in [0.717, 1.165) is 42.1 Å². The van der Waals surface area contributed by atoms with Crippen LogP contribution in [0.1, 0.15) is 54.4 Å². The van der Waals surface area contributed by atoms with Crippen LogP contribution >= 0.6 is 0 Å². The third kappa shape index (κ3) is 4.95. The molecule has 2 aromatic carbocycles. The van der Waals surface area contributed by atoms with Gasteiger partial charge < -0.3 is 10.5 Å².